The van der Waals surface area contributed by atoms with E-state index in [0.29, 0.717) is 13.2 Å². The van der Waals surface area contributed by atoms with Gasteiger partial charge in [-0.15, -0.1) is 0 Å². The van der Waals surface area contributed by atoms with Crippen molar-refractivity contribution in [3.8, 4) is 0 Å². The van der Waals surface area contributed by atoms with E-state index in [0.717, 1.165) is 13.0 Å². The fourth-order valence-corrected chi connectivity index (χ4v) is 1.27. The average molecular weight is 198 g/mol. The van der Waals surface area contributed by atoms with Gasteiger partial charge in [0.05, 0.1) is 12.7 Å². The number of aliphatic hydroxyl groups is 1. The normalized spacial score (nSPS) is 13.0. The molecule has 4 nitrogen and oxygen atoms in total. The van der Waals surface area contributed by atoms with Crippen molar-refractivity contribution in [3.05, 3.63) is 24.0 Å². The summed E-state index contributed by atoms with van der Waals surface area (Å²) in [7, 11) is 1.59. The number of aromatic amines is 1. The minimum atomic E-state index is -0.413. The van der Waals surface area contributed by atoms with Gasteiger partial charge in [-0.1, -0.05) is 0 Å². The second-order valence-electron chi connectivity index (χ2n) is 3.26. The minimum Gasteiger partial charge on any atom is -0.389 e. The van der Waals surface area contributed by atoms with E-state index in [4.69, 9.17) is 4.74 Å². The fraction of sp³-hybridized carbons (Fsp3) is 0.600. The third-order valence-corrected chi connectivity index (χ3v) is 1.97. The number of rotatable bonds is 7. The molecule has 0 spiro atoms. The first-order valence-corrected chi connectivity index (χ1v) is 4.83. The molecule has 0 aliphatic rings. The van der Waals surface area contributed by atoms with E-state index in [9.17, 15) is 5.11 Å². The average Bonchev–Trinajstić information content (AvgIpc) is 2.65. The Kier molecular flexibility index (Phi) is 5.29. The van der Waals surface area contributed by atoms with Gasteiger partial charge in [-0.05, 0) is 18.6 Å². The van der Waals surface area contributed by atoms with Gasteiger partial charge in [-0.2, -0.15) is 0 Å². The first-order chi connectivity index (χ1) is 6.83. The Morgan fingerprint density at radius 1 is 1.64 bits per heavy atom. The van der Waals surface area contributed by atoms with Gasteiger partial charge in [-0.25, -0.2) is 0 Å². The standard InChI is InChI=1S/C10H18N2O2/c1-14-8-10(13)7-11-6-4-9-3-2-5-12-9/h2-3,5,10-13H,4,6-8H2,1H3. The van der Waals surface area contributed by atoms with Crippen LogP contribution in [0, 0.1) is 0 Å². The maximum Gasteiger partial charge on any atom is 0.0897 e. The number of H-pyrrole nitrogens is 1. The van der Waals surface area contributed by atoms with Gasteiger partial charge < -0.3 is 20.1 Å². The van der Waals surface area contributed by atoms with Crippen LogP contribution in [0.3, 0.4) is 0 Å². The summed E-state index contributed by atoms with van der Waals surface area (Å²) in [5, 5.41) is 12.5. The van der Waals surface area contributed by atoms with Crippen LogP contribution in [0.25, 0.3) is 0 Å². The Balaban J connectivity index is 1.99. The largest absolute Gasteiger partial charge is 0.389 e. The summed E-state index contributed by atoms with van der Waals surface area (Å²) in [4.78, 5) is 3.12. The molecular weight excluding hydrogens is 180 g/mol. The highest BCUT2D eigenvalue weighted by atomic mass is 16.5. The lowest BCUT2D eigenvalue weighted by atomic mass is 10.3. The van der Waals surface area contributed by atoms with Crippen LogP contribution in [0.2, 0.25) is 0 Å². The van der Waals surface area contributed by atoms with Crippen LogP contribution in [0.5, 0.6) is 0 Å². The Bertz CT molecular complexity index is 224. The van der Waals surface area contributed by atoms with Crippen molar-refractivity contribution >= 4 is 0 Å². The van der Waals surface area contributed by atoms with E-state index in [1.807, 2.05) is 18.3 Å². The summed E-state index contributed by atoms with van der Waals surface area (Å²) in [6, 6.07) is 4.03. The maximum atomic E-state index is 9.31. The van der Waals surface area contributed by atoms with Crippen LogP contribution in [0.15, 0.2) is 18.3 Å². The van der Waals surface area contributed by atoms with Crippen LogP contribution in [0.4, 0.5) is 0 Å². The molecule has 4 heteroatoms. The lowest BCUT2D eigenvalue weighted by Gasteiger charge is -2.09. The predicted octanol–water partition coefficient (Wildman–Crippen LogP) is 0.154. The lowest BCUT2D eigenvalue weighted by molar-refractivity contribution is 0.0648. The highest BCUT2D eigenvalue weighted by Gasteiger charge is 2.01. The van der Waals surface area contributed by atoms with Gasteiger partial charge in [0, 0.05) is 32.1 Å². The highest BCUT2D eigenvalue weighted by molar-refractivity contribution is 5.03. The smallest absolute Gasteiger partial charge is 0.0897 e. The molecule has 0 aliphatic carbocycles. The molecule has 0 amide bonds. The zero-order valence-electron chi connectivity index (χ0n) is 8.49. The maximum absolute atomic E-state index is 9.31. The summed E-state index contributed by atoms with van der Waals surface area (Å²) in [6.45, 7) is 1.82. The summed E-state index contributed by atoms with van der Waals surface area (Å²) < 4.78 is 4.81. The van der Waals surface area contributed by atoms with E-state index in [1.165, 1.54) is 5.69 Å². The molecule has 0 fully saturated rings. The molecule has 1 aromatic rings. The van der Waals surface area contributed by atoms with Crippen LogP contribution >= 0.6 is 0 Å². The van der Waals surface area contributed by atoms with Crippen molar-refractivity contribution in [2.75, 3.05) is 26.8 Å². The number of nitrogens with one attached hydrogen (secondary N) is 2. The predicted molar refractivity (Wildman–Crippen MR) is 55.2 cm³/mol. The summed E-state index contributed by atoms with van der Waals surface area (Å²) in [5.74, 6) is 0. The molecule has 0 bridgehead atoms. The van der Waals surface area contributed by atoms with Crippen LogP contribution in [-0.2, 0) is 11.2 Å². The van der Waals surface area contributed by atoms with Crippen LogP contribution in [-0.4, -0.2) is 43.0 Å². The Hall–Kier alpha value is -0.840. The van der Waals surface area contributed by atoms with E-state index >= 15 is 0 Å². The highest BCUT2D eigenvalue weighted by Crippen LogP contribution is 1.93. The van der Waals surface area contributed by atoms with Gasteiger partial charge in [0.2, 0.25) is 0 Å². The SMILES string of the molecule is COCC(O)CNCCc1ccc[nH]1. The van der Waals surface area contributed by atoms with E-state index < -0.39 is 6.10 Å². The minimum absolute atomic E-state index is 0.384. The molecule has 1 rings (SSSR count). The molecule has 0 radical (unpaired) electrons. The molecule has 0 aromatic carbocycles. The van der Waals surface area contributed by atoms with Crippen molar-refractivity contribution in [3.63, 3.8) is 0 Å². The van der Waals surface area contributed by atoms with Crippen molar-refractivity contribution in [2.24, 2.45) is 0 Å². The summed E-state index contributed by atoms with van der Waals surface area (Å²) >= 11 is 0. The van der Waals surface area contributed by atoms with Gasteiger partial charge in [0.15, 0.2) is 0 Å². The Morgan fingerprint density at radius 2 is 2.50 bits per heavy atom. The number of hydrogen-bond donors (Lipinski definition) is 3. The van der Waals surface area contributed by atoms with Crippen LogP contribution < -0.4 is 5.32 Å². The molecule has 0 saturated heterocycles. The third-order valence-electron chi connectivity index (χ3n) is 1.97. The number of aromatic nitrogens is 1. The van der Waals surface area contributed by atoms with E-state index in [-0.39, 0.29) is 0 Å². The Morgan fingerprint density at radius 3 is 3.14 bits per heavy atom. The fourth-order valence-electron chi connectivity index (χ4n) is 1.27. The van der Waals surface area contributed by atoms with Crippen LogP contribution in [0.1, 0.15) is 5.69 Å². The molecule has 1 heterocycles. The lowest BCUT2D eigenvalue weighted by Crippen LogP contribution is -2.31. The number of hydrogen-bond acceptors (Lipinski definition) is 3. The zero-order valence-corrected chi connectivity index (χ0v) is 8.49. The molecule has 0 aliphatic heterocycles. The van der Waals surface area contributed by atoms with Crippen molar-refractivity contribution in [1.29, 1.82) is 0 Å². The topological polar surface area (TPSA) is 57.3 Å². The zero-order chi connectivity index (χ0) is 10.2. The number of aliphatic hydroxyl groups excluding tert-OH is 1. The van der Waals surface area contributed by atoms with Gasteiger partial charge >= 0.3 is 0 Å². The van der Waals surface area contributed by atoms with E-state index in [1.54, 1.807) is 7.11 Å². The van der Waals surface area contributed by atoms with Crippen molar-refractivity contribution in [2.45, 2.75) is 12.5 Å². The second kappa shape index (κ2) is 6.59. The van der Waals surface area contributed by atoms with Gasteiger partial charge in [0.1, 0.15) is 0 Å². The molecule has 14 heavy (non-hydrogen) atoms. The molecule has 80 valence electrons. The van der Waals surface area contributed by atoms with Crippen molar-refractivity contribution < 1.29 is 9.84 Å². The number of methoxy groups -OCH3 is 1. The molecule has 1 atom stereocenters. The second-order valence-corrected chi connectivity index (χ2v) is 3.26. The number of ether oxygens (including phenoxy) is 1. The van der Waals surface area contributed by atoms with E-state index in [2.05, 4.69) is 10.3 Å². The van der Waals surface area contributed by atoms with Gasteiger partial charge in [0.25, 0.3) is 0 Å². The first kappa shape index (κ1) is 11.2. The van der Waals surface area contributed by atoms with Crippen molar-refractivity contribution in [1.82, 2.24) is 10.3 Å². The first-order valence-electron chi connectivity index (χ1n) is 4.83. The molecule has 3 N–H and O–H groups in total. The quantitative estimate of drug-likeness (QED) is 0.547. The molecule has 1 aromatic heterocycles. The summed E-state index contributed by atoms with van der Waals surface area (Å²) in [6.07, 6.45) is 2.45. The molecule has 0 saturated carbocycles. The third kappa shape index (κ3) is 4.41. The van der Waals surface area contributed by atoms with Gasteiger partial charge in [-0.3, -0.25) is 0 Å². The molecular formula is C10H18N2O2. The molecule has 1 unspecified atom stereocenters. The monoisotopic (exact) mass is 198 g/mol. The summed E-state index contributed by atoms with van der Waals surface area (Å²) in [5.41, 5.74) is 1.21. The Labute approximate surface area is 84.3 Å².